The van der Waals surface area contributed by atoms with E-state index in [1.165, 1.54) is 4.90 Å². The van der Waals surface area contributed by atoms with Crippen molar-refractivity contribution in [2.75, 3.05) is 13.1 Å². The zero-order valence-electron chi connectivity index (χ0n) is 15.2. The van der Waals surface area contributed by atoms with Crippen molar-refractivity contribution in [3.05, 3.63) is 69.7 Å². The average Bonchev–Trinajstić information content (AvgIpc) is 2.70. The number of halogens is 3. The molecule has 7 heteroatoms. The van der Waals surface area contributed by atoms with E-state index < -0.39 is 30.2 Å². The van der Waals surface area contributed by atoms with Gasteiger partial charge in [-0.15, -0.1) is 0 Å². The largest absolute Gasteiger partial charge is 0.385 e. The van der Waals surface area contributed by atoms with Gasteiger partial charge >= 0.3 is 0 Å². The van der Waals surface area contributed by atoms with E-state index in [4.69, 9.17) is 23.2 Å². The number of carbonyl (C=O) groups is 1. The first kappa shape index (κ1) is 21.2. The Balaban J connectivity index is 1.58. The first-order chi connectivity index (χ1) is 13.3. The number of nitrogens with zero attached hydrogens (tertiary/aromatic N) is 1. The molecule has 0 spiro atoms. The molecule has 1 fully saturated rings. The Labute approximate surface area is 173 Å². The van der Waals surface area contributed by atoms with E-state index in [-0.39, 0.29) is 13.1 Å². The molecule has 0 aliphatic carbocycles. The van der Waals surface area contributed by atoms with Crippen molar-refractivity contribution in [2.45, 2.75) is 37.3 Å². The third-order valence-corrected chi connectivity index (χ3v) is 6.01. The monoisotopic (exact) mass is 425 g/mol. The van der Waals surface area contributed by atoms with Gasteiger partial charge in [0.1, 0.15) is 6.10 Å². The van der Waals surface area contributed by atoms with Crippen LogP contribution in [0.25, 0.3) is 0 Å². The van der Waals surface area contributed by atoms with E-state index in [0.29, 0.717) is 34.0 Å². The fraction of sp³-hybridized carbons (Fsp3) is 0.381. The fourth-order valence-electron chi connectivity index (χ4n) is 3.48. The van der Waals surface area contributed by atoms with Gasteiger partial charge in [0.15, 0.2) is 12.1 Å². The molecule has 1 saturated heterocycles. The molecule has 4 nitrogen and oxygen atoms in total. The Morgan fingerprint density at radius 2 is 1.75 bits per heavy atom. The molecule has 28 heavy (non-hydrogen) atoms. The molecule has 150 valence electrons. The smallest absolute Gasteiger partial charge is 0.170 e. The van der Waals surface area contributed by atoms with Crippen LogP contribution in [0.15, 0.2) is 48.5 Å². The minimum atomic E-state index is -1.51. The van der Waals surface area contributed by atoms with Crippen molar-refractivity contribution in [3.8, 4) is 0 Å². The molecule has 0 bridgehead atoms. The number of hydrogen-bond acceptors (Lipinski definition) is 4. The summed E-state index contributed by atoms with van der Waals surface area (Å²) in [7, 11) is 0. The highest BCUT2D eigenvalue weighted by Crippen LogP contribution is 2.36. The number of benzene rings is 2. The topological polar surface area (TPSA) is 60.8 Å². The summed E-state index contributed by atoms with van der Waals surface area (Å²) >= 11 is 12.0. The second kappa shape index (κ2) is 8.89. The van der Waals surface area contributed by atoms with Crippen molar-refractivity contribution >= 4 is 29.0 Å². The highest BCUT2D eigenvalue weighted by Gasteiger charge is 2.37. The van der Waals surface area contributed by atoms with Crippen molar-refractivity contribution in [3.63, 3.8) is 0 Å². The van der Waals surface area contributed by atoms with E-state index in [1.54, 1.807) is 48.5 Å². The van der Waals surface area contributed by atoms with Crippen molar-refractivity contribution < 1.29 is 19.4 Å². The van der Waals surface area contributed by atoms with E-state index >= 15 is 0 Å². The van der Waals surface area contributed by atoms with E-state index in [1.807, 2.05) is 0 Å². The Bertz CT molecular complexity index is 826. The van der Waals surface area contributed by atoms with Crippen LogP contribution in [-0.2, 0) is 10.4 Å². The fourth-order valence-corrected chi connectivity index (χ4v) is 3.77. The van der Waals surface area contributed by atoms with Crippen molar-refractivity contribution in [2.24, 2.45) is 0 Å². The van der Waals surface area contributed by atoms with Crippen molar-refractivity contribution in [1.82, 2.24) is 4.90 Å². The van der Waals surface area contributed by atoms with Crippen LogP contribution in [0.5, 0.6) is 0 Å². The van der Waals surface area contributed by atoms with Crippen LogP contribution in [0, 0.1) is 0 Å². The van der Waals surface area contributed by atoms with Crippen LogP contribution in [-0.4, -0.2) is 40.3 Å². The first-order valence-electron chi connectivity index (χ1n) is 9.12. The van der Waals surface area contributed by atoms with Gasteiger partial charge in [-0.3, -0.25) is 9.69 Å². The molecule has 1 aliphatic heterocycles. The molecular formula is C21H22Cl2FNO3. The summed E-state index contributed by atoms with van der Waals surface area (Å²) in [5, 5.41) is 21.8. The number of rotatable bonds is 6. The number of aliphatic hydroxyl groups is 2. The molecule has 1 heterocycles. The Hall–Kier alpha value is -1.50. The summed E-state index contributed by atoms with van der Waals surface area (Å²) in [5.74, 6) is -0.566. The number of aliphatic hydroxyl groups excluding tert-OH is 1. The first-order valence-corrected chi connectivity index (χ1v) is 9.87. The van der Waals surface area contributed by atoms with Crippen LogP contribution in [0.1, 0.15) is 36.5 Å². The van der Waals surface area contributed by atoms with Crippen LogP contribution in [0.2, 0.25) is 10.0 Å². The lowest BCUT2D eigenvalue weighted by Crippen LogP contribution is -2.46. The highest BCUT2D eigenvalue weighted by atomic mass is 35.5. The highest BCUT2D eigenvalue weighted by molar-refractivity contribution is 6.42. The Kier molecular flexibility index (Phi) is 6.73. The SMILES string of the molecule is O=C(CC(F)N1CCC(O)(c2ccc(Cl)c(Cl)c2)CC1)C(O)c1ccccc1. The van der Waals surface area contributed by atoms with Gasteiger partial charge < -0.3 is 10.2 Å². The Morgan fingerprint density at radius 1 is 1.11 bits per heavy atom. The number of Topliss-reactive ketones (excluding diaryl/α,β-unsaturated/α-hetero) is 1. The summed E-state index contributed by atoms with van der Waals surface area (Å²) in [6.07, 6.45) is -2.63. The third-order valence-electron chi connectivity index (χ3n) is 5.27. The molecule has 2 aromatic carbocycles. The molecule has 1 aliphatic rings. The average molecular weight is 426 g/mol. The van der Waals surface area contributed by atoms with Gasteiger partial charge in [0.05, 0.1) is 22.1 Å². The van der Waals surface area contributed by atoms with Crippen molar-refractivity contribution in [1.29, 1.82) is 0 Å². The lowest BCUT2D eigenvalue weighted by molar-refractivity contribution is -0.131. The van der Waals surface area contributed by atoms with E-state index in [0.717, 1.165) is 0 Å². The molecule has 0 radical (unpaired) electrons. The van der Waals surface area contributed by atoms with E-state index in [2.05, 4.69) is 0 Å². The number of alkyl halides is 1. The molecule has 0 amide bonds. The van der Waals surface area contributed by atoms with Gasteiger partial charge in [-0.05, 0) is 36.1 Å². The van der Waals surface area contributed by atoms with Gasteiger partial charge in [-0.25, -0.2) is 4.39 Å². The summed E-state index contributed by atoms with van der Waals surface area (Å²) in [6.45, 7) is 0.569. The predicted octanol–water partition coefficient (Wildman–Crippen LogP) is 4.27. The molecule has 2 unspecified atom stereocenters. The second-order valence-electron chi connectivity index (χ2n) is 7.11. The maximum atomic E-state index is 14.7. The number of carbonyl (C=O) groups excluding carboxylic acids is 1. The molecular weight excluding hydrogens is 404 g/mol. The normalized spacial score (nSPS) is 19.2. The summed E-state index contributed by atoms with van der Waals surface area (Å²) in [4.78, 5) is 13.7. The lowest BCUT2D eigenvalue weighted by Gasteiger charge is -2.39. The second-order valence-corrected chi connectivity index (χ2v) is 7.93. The molecule has 0 aromatic heterocycles. The molecule has 2 atom stereocenters. The standard InChI is InChI=1S/C21H22Cl2FNO3/c22-16-7-6-15(12-17(16)23)21(28)8-10-25(11-9-21)19(24)13-18(26)20(27)14-4-2-1-3-5-14/h1-7,12,19-20,27-28H,8-11,13H2. The zero-order valence-corrected chi connectivity index (χ0v) is 16.7. The van der Waals surface area contributed by atoms with Gasteiger partial charge in [-0.2, -0.15) is 0 Å². The lowest BCUT2D eigenvalue weighted by atomic mass is 9.84. The number of piperidine rings is 1. The maximum absolute atomic E-state index is 14.7. The number of hydrogen-bond donors (Lipinski definition) is 2. The van der Waals surface area contributed by atoms with Crippen LogP contribution >= 0.6 is 23.2 Å². The molecule has 2 N–H and O–H groups in total. The quantitative estimate of drug-likeness (QED) is 0.678. The zero-order chi connectivity index (χ0) is 20.3. The van der Waals surface area contributed by atoms with E-state index in [9.17, 15) is 19.4 Å². The summed E-state index contributed by atoms with van der Waals surface area (Å²) in [5.41, 5.74) is -0.0160. The van der Waals surface area contributed by atoms with Gasteiger partial charge in [0, 0.05) is 13.1 Å². The Morgan fingerprint density at radius 3 is 2.36 bits per heavy atom. The minimum absolute atomic E-state index is 0.284. The van der Waals surface area contributed by atoms with Gasteiger partial charge in [-0.1, -0.05) is 59.6 Å². The summed E-state index contributed by atoms with van der Waals surface area (Å²) in [6, 6.07) is 13.5. The molecule has 0 saturated carbocycles. The number of ketones is 1. The number of likely N-dealkylation sites (tertiary alicyclic amines) is 1. The minimum Gasteiger partial charge on any atom is -0.385 e. The molecule has 3 rings (SSSR count). The molecule has 2 aromatic rings. The van der Waals surface area contributed by atoms with Gasteiger partial charge in [0.25, 0.3) is 0 Å². The third kappa shape index (κ3) is 4.73. The van der Waals surface area contributed by atoms with Crippen LogP contribution in [0.4, 0.5) is 4.39 Å². The maximum Gasteiger partial charge on any atom is 0.170 e. The van der Waals surface area contributed by atoms with Crippen LogP contribution in [0.3, 0.4) is 0 Å². The van der Waals surface area contributed by atoms with Gasteiger partial charge in [0.2, 0.25) is 0 Å². The summed E-state index contributed by atoms with van der Waals surface area (Å²) < 4.78 is 14.7. The van der Waals surface area contributed by atoms with Crippen LogP contribution < -0.4 is 0 Å². The predicted molar refractivity (Wildman–Crippen MR) is 107 cm³/mol.